The van der Waals surface area contributed by atoms with Crippen molar-refractivity contribution in [2.75, 3.05) is 9.80 Å². The lowest BCUT2D eigenvalue weighted by molar-refractivity contribution is 0.632. The molecule has 3 aliphatic rings. The van der Waals surface area contributed by atoms with Crippen molar-refractivity contribution in [3.63, 3.8) is 0 Å². The Kier molecular flexibility index (Phi) is 5.11. The van der Waals surface area contributed by atoms with Gasteiger partial charge < -0.3 is 9.80 Å². The summed E-state index contributed by atoms with van der Waals surface area (Å²) in [6.07, 6.45) is 0. The van der Waals surface area contributed by atoms with E-state index in [9.17, 15) is 5.26 Å². The summed E-state index contributed by atoms with van der Waals surface area (Å²) in [4.78, 5) is 4.95. The van der Waals surface area contributed by atoms with Gasteiger partial charge in [0.05, 0.1) is 17.3 Å². The Morgan fingerprint density at radius 1 is 0.568 bits per heavy atom. The summed E-state index contributed by atoms with van der Waals surface area (Å²) in [5, 5.41) is 9.76. The molecule has 0 saturated heterocycles. The van der Waals surface area contributed by atoms with Gasteiger partial charge in [0.1, 0.15) is 0 Å². The molecule has 6 aromatic rings. The van der Waals surface area contributed by atoms with E-state index in [1.54, 1.807) is 0 Å². The highest BCUT2D eigenvalue weighted by Gasteiger charge is 2.48. The van der Waals surface area contributed by atoms with Gasteiger partial charge in [-0.25, -0.2) is 0 Å². The molecule has 3 heterocycles. The monoisotopic (exact) mass is 561 g/mol. The molecule has 3 nitrogen and oxygen atoms in total. The quantitative estimate of drug-likeness (QED) is 0.201. The summed E-state index contributed by atoms with van der Waals surface area (Å²) in [5.74, 6) is 0. The lowest BCUT2D eigenvalue weighted by atomic mass is 9.33. The van der Waals surface area contributed by atoms with Crippen molar-refractivity contribution < 1.29 is 0 Å². The minimum Gasteiger partial charge on any atom is -0.311 e. The highest BCUT2D eigenvalue weighted by molar-refractivity contribution is 7.00. The van der Waals surface area contributed by atoms with E-state index in [-0.39, 0.29) is 12.1 Å². The van der Waals surface area contributed by atoms with Crippen molar-refractivity contribution >= 4 is 57.2 Å². The van der Waals surface area contributed by atoms with Crippen LogP contribution in [0, 0.1) is 11.3 Å². The number of rotatable bonds is 2. The third-order valence-corrected chi connectivity index (χ3v) is 9.83. The van der Waals surface area contributed by atoms with Crippen LogP contribution in [0.2, 0.25) is 0 Å². The molecule has 44 heavy (non-hydrogen) atoms. The molecule has 0 amide bonds. The van der Waals surface area contributed by atoms with Crippen molar-refractivity contribution in [3.8, 4) is 17.2 Å². The molecule has 3 aliphatic heterocycles. The van der Waals surface area contributed by atoms with Gasteiger partial charge in [-0.2, -0.15) is 5.26 Å². The van der Waals surface area contributed by atoms with E-state index in [4.69, 9.17) is 0 Å². The van der Waals surface area contributed by atoms with E-state index in [0.29, 0.717) is 5.56 Å². The van der Waals surface area contributed by atoms with Gasteiger partial charge in [-0.05, 0) is 87.2 Å². The molecule has 0 spiro atoms. The van der Waals surface area contributed by atoms with Crippen LogP contribution in [-0.4, -0.2) is 6.71 Å². The van der Waals surface area contributed by atoms with E-state index in [2.05, 4.69) is 145 Å². The van der Waals surface area contributed by atoms with Crippen LogP contribution in [0.5, 0.6) is 0 Å². The van der Waals surface area contributed by atoms with Crippen LogP contribution in [0.4, 0.5) is 34.1 Å². The topological polar surface area (TPSA) is 30.3 Å². The Morgan fingerprint density at radius 3 is 2.05 bits per heavy atom. The molecule has 6 aromatic carbocycles. The van der Waals surface area contributed by atoms with Crippen LogP contribution in [0.15, 0.2) is 133 Å². The normalized spacial score (nSPS) is 14.6. The zero-order valence-corrected chi connectivity index (χ0v) is 24.6. The third kappa shape index (κ3) is 3.27. The standard InChI is InChI=1S/C40H28BN3/c1-40(2)30-16-6-8-20-34(30)44-37-24-28(27-13-10-12-26(22-27)25-42)23-36-38(37)41(33-19-11-17-31(40)39(33)44)32-18-7-9-21-35(32)43(36)29-14-4-3-5-15-29/h3-24H,1-2H3. The minimum absolute atomic E-state index is 0.0860. The van der Waals surface area contributed by atoms with Gasteiger partial charge in [0.15, 0.2) is 0 Å². The number of nitrogens with zero attached hydrogens (tertiary/aromatic N) is 3. The molecule has 0 unspecified atom stereocenters. The highest BCUT2D eigenvalue weighted by atomic mass is 15.2. The SMILES string of the molecule is CC1(C)c2ccccc2N2c3cc(-c4cccc(C#N)c4)cc4c3B(c3ccccc3N4c3ccccc3)c3cccc1c32. The molecular formula is C40H28BN3. The first-order chi connectivity index (χ1) is 21.6. The Bertz CT molecular complexity index is 2190. The van der Waals surface area contributed by atoms with E-state index in [1.807, 2.05) is 18.2 Å². The third-order valence-electron chi connectivity index (χ3n) is 9.83. The number of anilines is 6. The number of para-hydroxylation sites is 4. The first-order valence-corrected chi connectivity index (χ1v) is 15.2. The fourth-order valence-electron chi connectivity index (χ4n) is 7.88. The Balaban J connectivity index is 1.45. The first-order valence-electron chi connectivity index (χ1n) is 15.2. The fourth-order valence-corrected chi connectivity index (χ4v) is 7.88. The van der Waals surface area contributed by atoms with Crippen LogP contribution in [0.3, 0.4) is 0 Å². The van der Waals surface area contributed by atoms with E-state index < -0.39 is 0 Å². The summed E-state index contributed by atoms with van der Waals surface area (Å²) < 4.78 is 0. The molecule has 0 bridgehead atoms. The average Bonchev–Trinajstić information content (AvgIpc) is 3.07. The van der Waals surface area contributed by atoms with Crippen LogP contribution in [-0.2, 0) is 5.41 Å². The van der Waals surface area contributed by atoms with Crippen molar-refractivity contribution in [2.45, 2.75) is 19.3 Å². The maximum Gasteiger partial charge on any atom is 0.252 e. The van der Waals surface area contributed by atoms with Crippen molar-refractivity contribution in [1.82, 2.24) is 0 Å². The summed E-state index contributed by atoms with van der Waals surface area (Å²) in [5.41, 5.74) is 16.5. The number of fused-ring (bicyclic) bond motifs is 6. The zero-order valence-electron chi connectivity index (χ0n) is 24.6. The van der Waals surface area contributed by atoms with Crippen LogP contribution in [0.1, 0.15) is 30.5 Å². The smallest absolute Gasteiger partial charge is 0.252 e. The molecule has 0 aromatic heterocycles. The summed E-state index contributed by atoms with van der Waals surface area (Å²) >= 11 is 0. The van der Waals surface area contributed by atoms with Gasteiger partial charge in [0.2, 0.25) is 0 Å². The predicted molar refractivity (Wildman–Crippen MR) is 183 cm³/mol. The lowest BCUT2D eigenvalue weighted by Crippen LogP contribution is -2.62. The van der Waals surface area contributed by atoms with Crippen LogP contribution >= 0.6 is 0 Å². The molecule has 4 heteroatoms. The number of hydrogen-bond donors (Lipinski definition) is 0. The second-order valence-corrected chi connectivity index (χ2v) is 12.5. The summed E-state index contributed by atoms with van der Waals surface area (Å²) in [6, 6.07) is 50.4. The molecule has 0 aliphatic carbocycles. The second kappa shape index (κ2) is 8.99. The maximum absolute atomic E-state index is 9.76. The van der Waals surface area contributed by atoms with Gasteiger partial charge in [0, 0.05) is 33.9 Å². The molecule has 0 saturated carbocycles. The lowest BCUT2D eigenvalue weighted by Gasteiger charge is -2.49. The molecule has 9 rings (SSSR count). The van der Waals surface area contributed by atoms with Gasteiger partial charge in [-0.3, -0.25) is 0 Å². The van der Waals surface area contributed by atoms with Crippen molar-refractivity contribution in [1.29, 1.82) is 5.26 Å². The van der Waals surface area contributed by atoms with Gasteiger partial charge >= 0.3 is 0 Å². The molecule has 0 N–H and O–H groups in total. The Hall–Kier alpha value is -5.53. The first kappa shape index (κ1) is 25.0. The maximum atomic E-state index is 9.76. The molecule has 206 valence electrons. The number of hydrogen-bond acceptors (Lipinski definition) is 3. The van der Waals surface area contributed by atoms with E-state index in [0.717, 1.165) is 16.8 Å². The number of nitriles is 1. The molecule has 0 fully saturated rings. The van der Waals surface area contributed by atoms with Crippen LogP contribution < -0.4 is 26.2 Å². The molecular weight excluding hydrogens is 533 g/mol. The zero-order chi connectivity index (χ0) is 29.6. The van der Waals surface area contributed by atoms with E-state index in [1.165, 1.54) is 56.0 Å². The molecule has 0 atom stereocenters. The van der Waals surface area contributed by atoms with Crippen molar-refractivity contribution in [2.24, 2.45) is 0 Å². The Labute approximate surface area is 258 Å². The van der Waals surface area contributed by atoms with Crippen LogP contribution in [0.25, 0.3) is 11.1 Å². The number of benzene rings is 6. The van der Waals surface area contributed by atoms with Gasteiger partial charge in [-0.1, -0.05) is 98.8 Å². The largest absolute Gasteiger partial charge is 0.311 e. The van der Waals surface area contributed by atoms with E-state index >= 15 is 0 Å². The molecule has 0 radical (unpaired) electrons. The fraction of sp³-hybridized carbons (Fsp3) is 0.0750. The second-order valence-electron chi connectivity index (χ2n) is 12.5. The average molecular weight is 561 g/mol. The summed E-state index contributed by atoms with van der Waals surface area (Å²) in [6.45, 7) is 4.80. The van der Waals surface area contributed by atoms with Gasteiger partial charge in [0.25, 0.3) is 6.71 Å². The van der Waals surface area contributed by atoms with Gasteiger partial charge in [-0.15, -0.1) is 0 Å². The predicted octanol–water partition coefficient (Wildman–Crippen LogP) is 7.95. The minimum atomic E-state index is -0.151. The Morgan fingerprint density at radius 2 is 1.23 bits per heavy atom. The van der Waals surface area contributed by atoms with Crippen molar-refractivity contribution in [3.05, 3.63) is 150 Å². The summed E-state index contributed by atoms with van der Waals surface area (Å²) in [7, 11) is 0. The highest BCUT2D eigenvalue weighted by Crippen LogP contribution is 2.54.